The minimum atomic E-state index is -3.96. The maximum atomic E-state index is 13.7. The summed E-state index contributed by atoms with van der Waals surface area (Å²) in [7, 11) is -3.96. The molecule has 0 aliphatic rings. The molecule has 1 N–H and O–H groups in total. The van der Waals surface area contributed by atoms with E-state index in [-0.39, 0.29) is 40.6 Å². The van der Waals surface area contributed by atoms with E-state index < -0.39 is 28.5 Å². The molecule has 2 aromatic carbocycles. The fourth-order valence-corrected chi connectivity index (χ4v) is 5.31. The molecule has 0 bridgehead atoms. The fourth-order valence-electron chi connectivity index (χ4n) is 3.49. The van der Waals surface area contributed by atoms with Gasteiger partial charge in [-0.05, 0) is 44.0 Å². The predicted octanol–water partition coefficient (Wildman–Crippen LogP) is 5.79. The standard InChI is InChI=1S/C24H29Cl4N3O4S/c1-5-15(3)29-24(33)20(6-2)30(13-16-17(25)9-7-10-18(16)26)22(32)14-31(36(4,34)35)21-12-8-11-19(27)23(21)28/h7-12,15,20H,5-6,13-14H2,1-4H3,(H,29,33)/t15-,20+/m1/s1. The molecule has 0 fully saturated rings. The SMILES string of the molecule is CC[C@@H](C)NC(=O)[C@H](CC)N(Cc1c(Cl)cccc1Cl)C(=O)CN(c1cccc(Cl)c1Cl)S(C)(=O)=O. The summed E-state index contributed by atoms with van der Waals surface area (Å²) in [6, 6.07) is 8.38. The lowest BCUT2D eigenvalue weighted by Gasteiger charge is -2.34. The molecule has 0 unspecified atom stereocenters. The van der Waals surface area contributed by atoms with Crippen LogP contribution in [0.1, 0.15) is 39.2 Å². The van der Waals surface area contributed by atoms with Crippen molar-refractivity contribution in [1.29, 1.82) is 0 Å². The van der Waals surface area contributed by atoms with Crippen molar-refractivity contribution in [2.75, 3.05) is 17.1 Å². The third-order valence-electron chi connectivity index (χ3n) is 5.66. The topological polar surface area (TPSA) is 86.8 Å². The van der Waals surface area contributed by atoms with Gasteiger partial charge in [0, 0.05) is 28.2 Å². The Hall–Kier alpha value is -1.71. The summed E-state index contributed by atoms with van der Waals surface area (Å²) < 4.78 is 26.3. The number of carbonyl (C=O) groups is 2. The van der Waals surface area contributed by atoms with Crippen LogP contribution in [-0.2, 0) is 26.2 Å². The highest BCUT2D eigenvalue weighted by Crippen LogP contribution is 2.34. The molecule has 0 aliphatic carbocycles. The highest BCUT2D eigenvalue weighted by molar-refractivity contribution is 7.92. The van der Waals surface area contributed by atoms with Crippen molar-refractivity contribution in [1.82, 2.24) is 10.2 Å². The zero-order chi connectivity index (χ0) is 27.2. The van der Waals surface area contributed by atoms with Crippen molar-refractivity contribution in [3.63, 3.8) is 0 Å². The fraction of sp³-hybridized carbons (Fsp3) is 0.417. The van der Waals surface area contributed by atoms with Crippen LogP contribution in [0.3, 0.4) is 0 Å². The molecule has 198 valence electrons. The second-order valence-corrected chi connectivity index (χ2v) is 11.8. The van der Waals surface area contributed by atoms with Crippen LogP contribution in [-0.4, -0.2) is 50.0 Å². The average Bonchev–Trinajstić information content (AvgIpc) is 2.80. The molecule has 0 spiro atoms. The summed E-state index contributed by atoms with van der Waals surface area (Å²) >= 11 is 25.1. The maximum absolute atomic E-state index is 13.7. The summed E-state index contributed by atoms with van der Waals surface area (Å²) in [6.07, 6.45) is 1.92. The number of amides is 2. The number of benzene rings is 2. The van der Waals surface area contributed by atoms with E-state index in [1.54, 1.807) is 25.1 Å². The third-order valence-corrected chi connectivity index (χ3v) is 8.30. The lowest BCUT2D eigenvalue weighted by Crippen LogP contribution is -2.53. The second-order valence-electron chi connectivity index (χ2n) is 8.31. The molecule has 12 heteroatoms. The first-order chi connectivity index (χ1) is 16.8. The summed E-state index contributed by atoms with van der Waals surface area (Å²) in [5, 5.41) is 3.64. The van der Waals surface area contributed by atoms with Crippen LogP contribution in [0.4, 0.5) is 5.69 Å². The number of carbonyl (C=O) groups excluding carboxylic acids is 2. The molecule has 2 aromatic rings. The van der Waals surface area contributed by atoms with Gasteiger partial charge in [0.05, 0.1) is 22.0 Å². The number of nitrogens with one attached hydrogen (secondary N) is 1. The van der Waals surface area contributed by atoms with Crippen molar-refractivity contribution in [2.45, 2.75) is 52.2 Å². The van der Waals surface area contributed by atoms with Gasteiger partial charge in [0.25, 0.3) is 0 Å². The number of nitrogens with zero attached hydrogens (tertiary/aromatic N) is 2. The van der Waals surface area contributed by atoms with Crippen molar-refractivity contribution in [3.8, 4) is 0 Å². The van der Waals surface area contributed by atoms with Crippen LogP contribution in [0.5, 0.6) is 0 Å². The Balaban J connectivity index is 2.55. The molecule has 0 aliphatic heterocycles. The van der Waals surface area contributed by atoms with Crippen LogP contribution in [0.2, 0.25) is 20.1 Å². The lowest BCUT2D eigenvalue weighted by atomic mass is 10.1. The molecule has 36 heavy (non-hydrogen) atoms. The molecule has 2 rings (SSSR count). The van der Waals surface area contributed by atoms with Crippen molar-refractivity contribution in [2.24, 2.45) is 0 Å². The first kappa shape index (κ1) is 30.5. The summed E-state index contributed by atoms with van der Waals surface area (Å²) in [6.45, 7) is 4.82. The zero-order valence-corrected chi connectivity index (χ0v) is 24.2. The molecule has 0 saturated heterocycles. The van der Waals surface area contributed by atoms with E-state index >= 15 is 0 Å². The van der Waals surface area contributed by atoms with Gasteiger partial charge in [-0.2, -0.15) is 0 Å². The average molecular weight is 597 g/mol. The van der Waals surface area contributed by atoms with Gasteiger partial charge in [0.2, 0.25) is 21.8 Å². The predicted molar refractivity (Wildman–Crippen MR) is 148 cm³/mol. The summed E-state index contributed by atoms with van der Waals surface area (Å²) in [4.78, 5) is 28.2. The second kappa shape index (κ2) is 13.2. The van der Waals surface area contributed by atoms with Gasteiger partial charge >= 0.3 is 0 Å². The number of hydrogen-bond donors (Lipinski definition) is 1. The quantitative estimate of drug-likeness (QED) is 0.356. The first-order valence-electron chi connectivity index (χ1n) is 11.3. The van der Waals surface area contributed by atoms with Gasteiger partial charge in [-0.3, -0.25) is 13.9 Å². The van der Waals surface area contributed by atoms with Gasteiger partial charge in [-0.15, -0.1) is 0 Å². The maximum Gasteiger partial charge on any atom is 0.244 e. The van der Waals surface area contributed by atoms with Gasteiger partial charge in [0.1, 0.15) is 12.6 Å². The number of hydrogen-bond acceptors (Lipinski definition) is 4. The van der Waals surface area contributed by atoms with E-state index in [0.717, 1.165) is 10.6 Å². The largest absolute Gasteiger partial charge is 0.352 e. The molecule has 7 nitrogen and oxygen atoms in total. The molecule has 2 atom stereocenters. The Kier molecular flexibility index (Phi) is 11.2. The smallest absolute Gasteiger partial charge is 0.244 e. The zero-order valence-electron chi connectivity index (χ0n) is 20.4. The number of anilines is 1. The van der Waals surface area contributed by atoms with E-state index in [1.807, 2.05) is 13.8 Å². The molecule has 0 aromatic heterocycles. The van der Waals surface area contributed by atoms with Crippen LogP contribution in [0.25, 0.3) is 0 Å². The van der Waals surface area contributed by atoms with E-state index in [9.17, 15) is 18.0 Å². The number of halogens is 4. The molecule has 2 amide bonds. The minimum Gasteiger partial charge on any atom is -0.352 e. The lowest BCUT2D eigenvalue weighted by molar-refractivity contribution is -0.140. The van der Waals surface area contributed by atoms with Gasteiger partial charge in [0.15, 0.2) is 0 Å². The van der Waals surface area contributed by atoms with E-state index in [0.29, 0.717) is 22.0 Å². The number of rotatable bonds is 11. The number of sulfonamides is 1. The Morgan fingerprint density at radius 1 is 0.944 bits per heavy atom. The van der Waals surface area contributed by atoms with Crippen LogP contribution >= 0.6 is 46.4 Å². The normalized spacial score (nSPS) is 13.1. The highest BCUT2D eigenvalue weighted by atomic mass is 35.5. The van der Waals surface area contributed by atoms with Crippen LogP contribution in [0.15, 0.2) is 36.4 Å². The van der Waals surface area contributed by atoms with E-state index in [2.05, 4.69) is 5.32 Å². The molecule has 0 radical (unpaired) electrons. The Bertz CT molecular complexity index is 1190. The van der Waals surface area contributed by atoms with Crippen molar-refractivity contribution < 1.29 is 18.0 Å². The van der Waals surface area contributed by atoms with Crippen LogP contribution < -0.4 is 9.62 Å². The summed E-state index contributed by atoms with van der Waals surface area (Å²) in [5.74, 6) is -1.01. The minimum absolute atomic E-state index is 0.0142. The van der Waals surface area contributed by atoms with Crippen molar-refractivity contribution >= 4 is 73.9 Å². The van der Waals surface area contributed by atoms with E-state index in [4.69, 9.17) is 46.4 Å². The van der Waals surface area contributed by atoms with E-state index in [1.165, 1.54) is 23.1 Å². The third kappa shape index (κ3) is 7.65. The monoisotopic (exact) mass is 595 g/mol. The van der Waals surface area contributed by atoms with Gasteiger partial charge < -0.3 is 10.2 Å². The highest BCUT2D eigenvalue weighted by Gasteiger charge is 2.33. The molecular weight excluding hydrogens is 568 g/mol. The Labute approximate surface area is 232 Å². The van der Waals surface area contributed by atoms with Gasteiger partial charge in [-0.25, -0.2) is 8.42 Å². The molecule has 0 heterocycles. The molecule has 0 saturated carbocycles. The van der Waals surface area contributed by atoms with Crippen molar-refractivity contribution in [3.05, 3.63) is 62.1 Å². The van der Waals surface area contributed by atoms with Gasteiger partial charge in [-0.1, -0.05) is 72.4 Å². The Morgan fingerprint density at radius 3 is 2.03 bits per heavy atom. The first-order valence-corrected chi connectivity index (χ1v) is 14.6. The summed E-state index contributed by atoms with van der Waals surface area (Å²) in [5.41, 5.74) is 0.489. The Morgan fingerprint density at radius 2 is 1.50 bits per heavy atom. The van der Waals surface area contributed by atoms with Crippen LogP contribution in [0, 0.1) is 0 Å². The molecular formula is C24H29Cl4N3O4S.